The number of aliphatic hydroxyl groups is 1. The Labute approximate surface area is 192 Å². The highest BCUT2D eigenvalue weighted by Crippen LogP contribution is 2.47. The van der Waals surface area contributed by atoms with Crippen molar-refractivity contribution >= 4 is 11.4 Å². The van der Waals surface area contributed by atoms with Gasteiger partial charge in [0.05, 0.1) is 19.6 Å². The van der Waals surface area contributed by atoms with Crippen LogP contribution in [0, 0.1) is 6.92 Å². The zero-order valence-electron chi connectivity index (χ0n) is 19.5. The number of nitrogens with two attached hydrogens (primary N) is 1. The highest BCUT2D eigenvalue weighted by molar-refractivity contribution is 5.57. The molecule has 0 fully saturated rings. The van der Waals surface area contributed by atoms with Crippen LogP contribution >= 0.6 is 0 Å². The molecule has 0 saturated carbocycles. The van der Waals surface area contributed by atoms with Gasteiger partial charge in [-0.15, -0.1) is 10.2 Å². The maximum atomic E-state index is 11.8. The third-order valence-corrected chi connectivity index (χ3v) is 6.03. The Hall–Kier alpha value is -3.21. The number of methoxy groups -OCH3 is 2. The summed E-state index contributed by atoms with van der Waals surface area (Å²) in [5.41, 5.74) is 8.24. The normalized spacial score (nSPS) is 22.2. The summed E-state index contributed by atoms with van der Waals surface area (Å²) in [5, 5.41) is 24.3. The van der Waals surface area contributed by atoms with Crippen LogP contribution < -0.4 is 15.4 Å². The Morgan fingerprint density at radius 3 is 2.52 bits per heavy atom. The number of benzene rings is 2. The lowest BCUT2D eigenvalue weighted by Crippen LogP contribution is -2.62. The highest BCUT2D eigenvalue weighted by Gasteiger charge is 2.54. The quantitative estimate of drug-likeness (QED) is 0.408. The lowest BCUT2D eigenvalue weighted by Gasteiger charge is -2.49. The fourth-order valence-electron chi connectivity index (χ4n) is 4.39. The predicted molar refractivity (Wildman–Crippen MR) is 123 cm³/mol. The summed E-state index contributed by atoms with van der Waals surface area (Å²) in [7, 11) is 4.75. The second kappa shape index (κ2) is 8.97. The molecular weight excluding hydrogens is 424 g/mol. The molecule has 0 spiro atoms. The van der Waals surface area contributed by atoms with Crippen molar-refractivity contribution in [2.45, 2.75) is 44.4 Å². The number of anilines is 2. The van der Waals surface area contributed by atoms with Crippen LogP contribution in [0.15, 0.2) is 42.5 Å². The standard InChI is InChI=1S/C23H30N6O4/c1-14-6-9-16(10-7-14)29(13-19-25-27-28(3)26-19)20-17-12-15(24)8-11-18(17)33-23(2,21(20)30)22(31-4)32-5/h6-12,20-22,30H,13,24H2,1-5H3/t20-,21+,23+/m1/s1. The maximum absolute atomic E-state index is 11.8. The van der Waals surface area contributed by atoms with Gasteiger partial charge in [0.2, 0.25) is 0 Å². The lowest BCUT2D eigenvalue weighted by atomic mass is 9.83. The molecule has 1 aliphatic heterocycles. The molecule has 4 rings (SSSR count). The SMILES string of the molecule is COC(OC)[C@@]1(C)Oc2ccc(N)cc2[C@@H](N(Cc2nnn(C)n2)c2ccc(C)cc2)[C@@H]1O. The molecule has 10 nitrogen and oxygen atoms in total. The van der Waals surface area contributed by atoms with Crippen LogP contribution in [0.5, 0.6) is 5.75 Å². The zero-order chi connectivity index (χ0) is 23.8. The minimum absolute atomic E-state index is 0.299. The Morgan fingerprint density at radius 1 is 1.21 bits per heavy atom. The van der Waals surface area contributed by atoms with Crippen molar-refractivity contribution in [2.75, 3.05) is 24.9 Å². The van der Waals surface area contributed by atoms with Crippen LogP contribution in [0.4, 0.5) is 11.4 Å². The second-order valence-electron chi connectivity index (χ2n) is 8.43. The molecule has 0 bridgehead atoms. The van der Waals surface area contributed by atoms with Crippen LogP contribution in [0.3, 0.4) is 0 Å². The first-order chi connectivity index (χ1) is 15.8. The maximum Gasteiger partial charge on any atom is 0.199 e. The second-order valence-corrected chi connectivity index (χ2v) is 8.43. The summed E-state index contributed by atoms with van der Waals surface area (Å²) >= 11 is 0. The fraction of sp³-hybridized carbons (Fsp3) is 0.435. The smallest absolute Gasteiger partial charge is 0.199 e. The van der Waals surface area contributed by atoms with E-state index in [1.807, 2.05) is 42.2 Å². The molecule has 0 amide bonds. The van der Waals surface area contributed by atoms with Crippen molar-refractivity contribution in [3.8, 4) is 5.75 Å². The van der Waals surface area contributed by atoms with Gasteiger partial charge in [0.1, 0.15) is 11.9 Å². The van der Waals surface area contributed by atoms with Crippen LogP contribution in [-0.4, -0.2) is 57.5 Å². The monoisotopic (exact) mass is 454 g/mol. The molecule has 0 aliphatic carbocycles. The molecule has 3 aromatic rings. The largest absolute Gasteiger partial charge is 0.479 e. The Kier molecular flexibility index (Phi) is 6.24. The third-order valence-electron chi connectivity index (χ3n) is 6.03. The number of aromatic nitrogens is 4. The summed E-state index contributed by atoms with van der Waals surface area (Å²) in [4.78, 5) is 3.44. The van der Waals surface area contributed by atoms with Crippen LogP contribution in [0.2, 0.25) is 0 Å². The van der Waals surface area contributed by atoms with E-state index in [4.69, 9.17) is 19.9 Å². The van der Waals surface area contributed by atoms with Crippen LogP contribution in [0.25, 0.3) is 0 Å². The predicted octanol–water partition coefficient (Wildman–Crippen LogP) is 1.98. The average Bonchev–Trinajstić information content (AvgIpc) is 3.20. The molecule has 2 aromatic carbocycles. The average molecular weight is 455 g/mol. The number of fused-ring (bicyclic) bond motifs is 1. The first kappa shape index (κ1) is 23.0. The number of tetrazole rings is 1. The van der Waals surface area contributed by atoms with E-state index in [1.165, 1.54) is 19.0 Å². The molecule has 33 heavy (non-hydrogen) atoms. The number of aliphatic hydroxyl groups excluding tert-OH is 1. The van der Waals surface area contributed by atoms with Crippen LogP contribution in [-0.2, 0) is 23.1 Å². The Balaban J connectivity index is 1.89. The molecule has 3 N–H and O–H groups in total. The number of rotatable bonds is 7. The molecule has 0 unspecified atom stereocenters. The lowest BCUT2D eigenvalue weighted by molar-refractivity contribution is -0.237. The van der Waals surface area contributed by atoms with E-state index >= 15 is 0 Å². The van der Waals surface area contributed by atoms with Crippen molar-refractivity contribution in [1.82, 2.24) is 20.2 Å². The van der Waals surface area contributed by atoms with E-state index in [2.05, 4.69) is 15.4 Å². The summed E-state index contributed by atoms with van der Waals surface area (Å²) in [6, 6.07) is 12.9. The number of hydrogen-bond acceptors (Lipinski definition) is 9. The van der Waals surface area contributed by atoms with E-state index in [0.29, 0.717) is 23.8 Å². The van der Waals surface area contributed by atoms with Gasteiger partial charge in [-0.25, -0.2) is 0 Å². The number of hydrogen-bond donors (Lipinski definition) is 2. The van der Waals surface area contributed by atoms with Gasteiger partial charge in [-0.3, -0.25) is 0 Å². The highest BCUT2D eigenvalue weighted by atomic mass is 16.7. The van der Waals surface area contributed by atoms with Crippen LogP contribution in [0.1, 0.15) is 29.9 Å². The summed E-state index contributed by atoms with van der Waals surface area (Å²) in [6.07, 6.45) is -1.88. The van der Waals surface area contributed by atoms with Gasteiger partial charge in [-0.1, -0.05) is 17.7 Å². The number of nitrogens with zero attached hydrogens (tertiary/aromatic N) is 5. The molecule has 3 atom stereocenters. The van der Waals surface area contributed by atoms with E-state index in [9.17, 15) is 5.11 Å². The van der Waals surface area contributed by atoms with Crippen molar-refractivity contribution < 1.29 is 19.3 Å². The van der Waals surface area contributed by atoms with Gasteiger partial charge < -0.3 is 30.0 Å². The van der Waals surface area contributed by atoms with Crippen molar-refractivity contribution in [1.29, 1.82) is 0 Å². The van der Waals surface area contributed by atoms with Gasteiger partial charge in [0.25, 0.3) is 0 Å². The van der Waals surface area contributed by atoms with E-state index in [1.54, 1.807) is 26.1 Å². The molecule has 0 saturated heterocycles. The van der Waals surface area contributed by atoms with Gasteiger partial charge >= 0.3 is 0 Å². The van der Waals surface area contributed by atoms with E-state index in [0.717, 1.165) is 16.8 Å². The molecule has 176 valence electrons. The minimum Gasteiger partial charge on any atom is -0.479 e. The summed E-state index contributed by atoms with van der Waals surface area (Å²) < 4.78 is 17.4. The first-order valence-electron chi connectivity index (χ1n) is 10.6. The zero-order valence-corrected chi connectivity index (χ0v) is 19.5. The van der Waals surface area contributed by atoms with Crippen molar-refractivity contribution in [3.63, 3.8) is 0 Å². The number of nitrogen functional groups attached to an aromatic ring is 1. The molecule has 2 heterocycles. The van der Waals surface area contributed by atoms with E-state index < -0.39 is 24.0 Å². The molecular formula is C23H30N6O4. The summed E-state index contributed by atoms with van der Waals surface area (Å²) in [6.45, 7) is 4.10. The van der Waals surface area contributed by atoms with Gasteiger partial charge in [-0.05, 0) is 49.4 Å². The number of aryl methyl sites for hydroxylation is 2. The Morgan fingerprint density at radius 2 is 1.91 bits per heavy atom. The third kappa shape index (κ3) is 4.24. The minimum atomic E-state index is -1.21. The molecule has 0 radical (unpaired) electrons. The topological polar surface area (TPSA) is 121 Å². The van der Waals surface area contributed by atoms with Crippen molar-refractivity contribution in [3.05, 3.63) is 59.4 Å². The Bertz CT molecular complexity index is 1100. The van der Waals surface area contributed by atoms with Gasteiger partial charge in [0.15, 0.2) is 17.7 Å². The molecule has 1 aliphatic rings. The van der Waals surface area contributed by atoms with Gasteiger partial charge in [-0.2, -0.15) is 4.80 Å². The fourth-order valence-corrected chi connectivity index (χ4v) is 4.39. The molecule has 10 heteroatoms. The first-order valence-corrected chi connectivity index (χ1v) is 10.6. The van der Waals surface area contributed by atoms with Gasteiger partial charge in [0, 0.05) is 31.2 Å². The van der Waals surface area contributed by atoms with E-state index in [-0.39, 0.29) is 0 Å². The summed E-state index contributed by atoms with van der Waals surface area (Å²) in [5.74, 6) is 1.10. The molecule has 1 aromatic heterocycles. The number of ether oxygens (including phenoxy) is 3. The van der Waals surface area contributed by atoms with Crippen molar-refractivity contribution in [2.24, 2.45) is 7.05 Å².